The van der Waals surface area contributed by atoms with Crippen molar-refractivity contribution in [2.75, 3.05) is 0 Å². The van der Waals surface area contributed by atoms with Crippen molar-refractivity contribution in [2.24, 2.45) is 0 Å². The maximum Gasteiger partial charge on any atom is 0.159 e. The Kier molecular flexibility index (Phi) is 2.00. The monoisotopic (exact) mass is 174 g/mol. The summed E-state index contributed by atoms with van der Waals surface area (Å²) < 4.78 is 12.6. The Morgan fingerprint density at radius 1 is 0.923 bits per heavy atom. The summed E-state index contributed by atoms with van der Waals surface area (Å²) in [7, 11) is 0. The number of hydrogen-bond donors (Lipinski definition) is 0. The summed E-state index contributed by atoms with van der Waals surface area (Å²) >= 11 is 0. The maximum atomic E-state index is 12.6. The second-order valence-corrected chi connectivity index (χ2v) is 2.58. The van der Waals surface area contributed by atoms with Crippen molar-refractivity contribution in [1.82, 2.24) is 9.97 Å². The predicted octanol–water partition coefficient (Wildman–Crippen LogP) is 2.28. The molecule has 2 rings (SSSR count). The first-order chi connectivity index (χ1) is 6.36. The third kappa shape index (κ3) is 1.69. The fourth-order valence-corrected chi connectivity index (χ4v) is 1.05. The molecule has 0 atom stereocenters. The molecule has 0 unspecified atom stereocenters. The third-order valence-electron chi connectivity index (χ3n) is 1.67. The highest BCUT2D eigenvalue weighted by molar-refractivity contribution is 5.53. The average Bonchev–Trinajstić information content (AvgIpc) is 2.20. The Morgan fingerprint density at radius 2 is 1.54 bits per heavy atom. The smallest absolute Gasteiger partial charge is 0.159 e. The van der Waals surface area contributed by atoms with E-state index < -0.39 is 0 Å². The molecule has 13 heavy (non-hydrogen) atoms. The van der Waals surface area contributed by atoms with Gasteiger partial charge in [0.25, 0.3) is 0 Å². The normalized spacial score (nSPS) is 9.92. The van der Waals surface area contributed by atoms with Crippen LogP contribution in [0, 0.1) is 5.82 Å². The van der Waals surface area contributed by atoms with E-state index in [9.17, 15) is 4.39 Å². The van der Waals surface area contributed by atoms with E-state index in [-0.39, 0.29) is 5.82 Å². The van der Waals surface area contributed by atoms with Crippen LogP contribution in [-0.2, 0) is 0 Å². The van der Waals surface area contributed by atoms with Crippen LogP contribution in [0.3, 0.4) is 0 Å². The van der Waals surface area contributed by atoms with E-state index in [0.29, 0.717) is 5.82 Å². The van der Waals surface area contributed by atoms with Crippen molar-refractivity contribution < 1.29 is 4.39 Å². The zero-order chi connectivity index (χ0) is 9.10. The molecule has 0 aliphatic carbocycles. The maximum absolute atomic E-state index is 12.6. The molecule has 1 aromatic heterocycles. The van der Waals surface area contributed by atoms with Gasteiger partial charge in [0.1, 0.15) is 5.82 Å². The Labute approximate surface area is 75.1 Å². The first kappa shape index (κ1) is 7.86. The standard InChI is InChI=1S/C10H7FN2/c11-9-4-2-8(3-5-9)10-12-6-1-7-13-10/h1-7H. The first-order valence-corrected chi connectivity index (χ1v) is 3.89. The van der Waals surface area contributed by atoms with Crippen molar-refractivity contribution in [3.8, 4) is 11.4 Å². The molecule has 3 heteroatoms. The van der Waals surface area contributed by atoms with Gasteiger partial charge in [0.05, 0.1) is 0 Å². The highest BCUT2D eigenvalue weighted by Gasteiger charge is 1.98. The van der Waals surface area contributed by atoms with Crippen LogP contribution in [0.4, 0.5) is 4.39 Å². The summed E-state index contributed by atoms with van der Waals surface area (Å²) in [5.41, 5.74) is 0.821. The molecule has 0 fully saturated rings. The van der Waals surface area contributed by atoms with E-state index in [2.05, 4.69) is 9.97 Å². The molecule has 0 saturated heterocycles. The van der Waals surface area contributed by atoms with Crippen LogP contribution < -0.4 is 0 Å². The van der Waals surface area contributed by atoms with E-state index in [1.54, 1.807) is 30.6 Å². The van der Waals surface area contributed by atoms with Gasteiger partial charge in [-0.05, 0) is 30.3 Å². The molecule has 1 heterocycles. The van der Waals surface area contributed by atoms with Gasteiger partial charge in [0.15, 0.2) is 5.82 Å². The Morgan fingerprint density at radius 3 is 2.15 bits per heavy atom. The highest BCUT2D eigenvalue weighted by atomic mass is 19.1. The SMILES string of the molecule is Fc1ccc(-c2ncccn2)cc1. The number of nitrogens with zero attached hydrogens (tertiary/aromatic N) is 2. The van der Waals surface area contributed by atoms with Crippen molar-refractivity contribution in [2.45, 2.75) is 0 Å². The summed E-state index contributed by atoms with van der Waals surface area (Å²) in [6, 6.07) is 7.85. The largest absolute Gasteiger partial charge is 0.237 e. The lowest BCUT2D eigenvalue weighted by atomic mass is 10.2. The fourth-order valence-electron chi connectivity index (χ4n) is 1.05. The van der Waals surface area contributed by atoms with Gasteiger partial charge >= 0.3 is 0 Å². The first-order valence-electron chi connectivity index (χ1n) is 3.89. The van der Waals surface area contributed by atoms with Crippen molar-refractivity contribution in [3.63, 3.8) is 0 Å². The van der Waals surface area contributed by atoms with Gasteiger partial charge in [0, 0.05) is 18.0 Å². The molecule has 2 nitrogen and oxygen atoms in total. The molecule has 0 bridgehead atoms. The summed E-state index contributed by atoms with van der Waals surface area (Å²) in [5, 5.41) is 0. The summed E-state index contributed by atoms with van der Waals surface area (Å²) in [5.74, 6) is 0.363. The van der Waals surface area contributed by atoms with Gasteiger partial charge in [-0.1, -0.05) is 0 Å². The van der Waals surface area contributed by atoms with Gasteiger partial charge in [0.2, 0.25) is 0 Å². The molecule has 2 aromatic rings. The quantitative estimate of drug-likeness (QED) is 0.662. The molecular formula is C10H7FN2. The van der Waals surface area contributed by atoms with Crippen LogP contribution in [0.1, 0.15) is 0 Å². The minimum atomic E-state index is -0.250. The lowest BCUT2D eigenvalue weighted by Crippen LogP contribution is -1.86. The van der Waals surface area contributed by atoms with Crippen LogP contribution in [0.5, 0.6) is 0 Å². The average molecular weight is 174 g/mol. The lowest BCUT2D eigenvalue weighted by Gasteiger charge is -1.97. The number of hydrogen-bond acceptors (Lipinski definition) is 2. The molecule has 0 N–H and O–H groups in total. The van der Waals surface area contributed by atoms with Crippen LogP contribution in [0.2, 0.25) is 0 Å². The van der Waals surface area contributed by atoms with Crippen molar-refractivity contribution in [1.29, 1.82) is 0 Å². The van der Waals surface area contributed by atoms with Crippen molar-refractivity contribution >= 4 is 0 Å². The lowest BCUT2D eigenvalue weighted by molar-refractivity contribution is 0.628. The Hall–Kier alpha value is -1.77. The molecule has 0 amide bonds. The second kappa shape index (κ2) is 3.31. The van der Waals surface area contributed by atoms with E-state index in [1.165, 1.54) is 12.1 Å². The molecule has 0 aliphatic rings. The van der Waals surface area contributed by atoms with E-state index in [4.69, 9.17) is 0 Å². The van der Waals surface area contributed by atoms with Crippen LogP contribution in [0.15, 0.2) is 42.7 Å². The Balaban J connectivity index is 2.42. The van der Waals surface area contributed by atoms with Gasteiger partial charge in [-0.25, -0.2) is 14.4 Å². The molecule has 0 radical (unpaired) electrons. The summed E-state index contributed by atoms with van der Waals surface area (Å²) in [6.07, 6.45) is 3.32. The van der Waals surface area contributed by atoms with E-state index in [0.717, 1.165) is 5.56 Å². The fraction of sp³-hybridized carbons (Fsp3) is 0. The van der Waals surface area contributed by atoms with Gasteiger partial charge in [-0.2, -0.15) is 0 Å². The number of benzene rings is 1. The minimum absolute atomic E-state index is 0.250. The van der Waals surface area contributed by atoms with Gasteiger partial charge in [-0.15, -0.1) is 0 Å². The molecule has 0 spiro atoms. The number of halogens is 1. The van der Waals surface area contributed by atoms with E-state index in [1.807, 2.05) is 0 Å². The second-order valence-electron chi connectivity index (χ2n) is 2.58. The molecule has 0 saturated carbocycles. The topological polar surface area (TPSA) is 25.8 Å². The zero-order valence-electron chi connectivity index (χ0n) is 6.81. The predicted molar refractivity (Wildman–Crippen MR) is 47.4 cm³/mol. The number of aromatic nitrogens is 2. The molecular weight excluding hydrogens is 167 g/mol. The Bertz CT molecular complexity index is 383. The molecule has 1 aromatic carbocycles. The summed E-state index contributed by atoms with van der Waals surface area (Å²) in [4.78, 5) is 8.09. The summed E-state index contributed by atoms with van der Waals surface area (Å²) in [6.45, 7) is 0. The third-order valence-corrected chi connectivity index (χ3v) is 1.67. The van der Waals surface area contributed by atoms with Crippen LogP contribution >= 0.6 is 0 Å². The van der Waals surface area contributed by atoms with Gasteiger partial charge in [-0.3, -0.25) is 0 Å². The highest BCUT2D eigenvalue weighted by Crippen LogP contribution is 2.13. The molecule has 0 aliphatic heterocycles. The van der Waals surface area contributed by atoms with E-state index >= 15 is 0 Å². The van der Waals surface area contributed by atoms with Crippen LogP contribution in [0.25, 0.3) is 11.4 Å². The minimum Gasteiger partial charge on any atom is -0.237 e. The van der Waals surface area contributed by atoms with Crippen LogP contribution in [-0.4, -0.2) is 9.97 Å². The molecule has 64 valence electrons. The van der Waals surface area contributed by atoms with Crippen molar-refractivity contribution in [3.05, 3.63) is 48.5 Å². The van der Waals surface area contributed by atoms with Gasteiger partial charge < -0.3 is 0 Å². The number of rotatable bonds is 1. The zero-order valence-corrected chi connectivity index (χ0v) is 6.81.